The predicted octanol–water partition coefficient (Wildman–Crippen LogP) is 1.76. The molecule has 6 heteroatoms. The van der Waals surface area contributed by atoms with E-state index >= 15 is 0 Å². The van der Waals surface area contributed by atoms with Gasteiger partial charge in [0.2, 0.25) is 11.8 Å². The summed E-state index contributed by atoms with van der Waals surface area (Å²) >= 11 is 1.55. The molecule has 2 saturated heterocycles. The van der Waals surface area contributed by atoms with Crippen LogP contribution in [0.15, 0.2) is 24.3 Å². The predicted molar refractivity (Wildman–Crippen MR) is 85.6 cm³/mol. The normalized spacial score (nSPS) is 18.4. The molecule has 0 unspecified atom stereocenters. The summed E-state index contributed by atoms with van der Waals surface area (Å²) in [6, 6.07) is 7.92. The van der Waals surface area contributed by atoms with Crippen molar-refractivity contribution in [3.05, 3.63) is 24.3 Å². The molecule has 1 aromatic rings. The zero-order valence-corrected chi connectivity index (χ0v) is 12.7. The van der Waals surface area contributed by atoms with Crippen LogP contribution in [0.3, 0.4) is 0 Å². The number of thioether (sulfide) groups is 1. The maximum absolute atomic E-state index is 11.9. The van der Waals surface area contributed by atoms with Gasteiger partial charge < -0.3 is 15.1 Å². The molecule has 2 aliphatic heterocycles. The number of amides is 2. The lowest BCUT2D eigenvalue weighted by Crippen LogP contribution is -2.34. The van der Waals surface area contributed by atoms with E-state index in [0.29, 0.717) is 11.6 Å². The third kappa shape index (κ3) is 3.50. The first kappa shape index (κ1) is 14.3. The summed E-state index contributed by atoms with van der Waals surface area (Å²) in [7, 11) is 0. The second-order valence-electron chi connectivity index (χ2n) is 5.36. The summed E-state index contributed by atoms with van der Waals surface area (Å²) in [6.45, 7) is 2.36. The van der Waals surface area contributed by atoms with Crippen LogP contribution in [-0.2, 0) is 9.59 Å². The number of nitrogens with one attached hydrogen (secondary N) is 1. The van der Waals surface area contributed by atoms with Crippen molar-refractivity contribution in [2.45, 2.75) is 12.8 Å². The van der Waals surface area contributed by atoms with Gasteiger partial charge in [-0.3, -0.25) is 9.59 Å². The Hall–Kier alpha value is -1.69. The Morgan fingerprint density at radius 3 is 2.52 bits per heavy atom. The summed E-state index contributed by atoms with van der Waals surface area (Å²) in [5, 5.41) is 2.85. The number of rotatable bonds is 4. The molecule has 0 aliphatic carbocycles. The van der Waals surface area contributed by atoms with Crippen LogP contribution in [-0.4, -0.2) is 48.0 Å². The van der Waals surface area contributed by atoms with Gasteiger partial charge in [-0.25, -0.2) is 0 Å². The summed E-state index contributed by atoms with van der Waals surface area (Å²) in [5.41, 5.74) is 1.99. The third-order valence-corrected chi connectivity index (χ3v) is 4.73. The maximum Gasteiger partial charge on any atom is 0.244 e. The SMILES string of the molecule is O=C(CN1CSCC1=O)Nc1ccc(N2CCCC2)cc1. The zero-order chi connectivity index (χ0) is 14.7. The third-order valence-electron chi connectivity index (χ3n) is 3.78. The molecular weight excluding hydrogens is 286 g/mol. The van der Waals surface area contributed by atoms with Gasteiger partial charge in [-0.1, -0.05) is 0 Å². The van der Waals surface area contributed by atoms with Crippen molar-refractivity contribution in [2.24, 2.45) is 0 Å². The maximum atomic E-state index is 11.9. The first-order valence-corrected chi connectivity index (χ1v) is 8.38. The van der Waals surface area contributed by atoms with Crippen LogP contribution in [0, 0.1) is 0 Å². The van der Waals surface area contributed by atoms with Crippen molar-refractivity contribution in [3.63, 3.8) is 0 Å². The topological polar surface area (TPSA) is 52.7 Å². The molecule has 2 amide bonds. The van der Waals surface area contributed by atoms with Crippen LogP contribution in [0.4, 0.5) is 11.4 Å². The average molecular weight is 305 g/mol. The van der Waals surface area contributed by atoms with E-state index in [1.54, 1.807) is 16.7 Å². The van der Waals surface area contributed by atoms with Crippen LogP contribution in [0.25, 0.3) is 0 Å². The standard InChI is InChI=1S/C15H19N3O2S/c19-14(9-18-11-21-10-15(18)20)16-12-3-5-13(6-4-12)17-7-1-2-8-17/h3-6H,1-2,7-11H2,(H,16,19). The first-order valence-electron chi connectivity index (χ1n) is 7.23. The number of nitrogens with zero attached hydrogens (tertiary/aromatic N) is 2. The molecule has 0 atom stereocenters. The largest absolute Gasteiger partial charge is 0.372 e. The molecule has 1 N–H and O–H groups in total. The van der Waals surface area contributed by atoms with Crippen LogP contribution in [0.2, 0.25) is 0 Å². The summed E-state index contributed by atoms with van der Waals surface area (Å²) in [4.78, 5) is 27.3. The Morgan fingerprint density at radius 1 is 1.19 bits per heavy atom. The zero-order valence-electron chi connectivity index (χ0n) is 11.9. The molecule has 0 bridgehead atoms. The van der Waals surface area contributed by atoms with Crippen molar-refractivity contribution in [2.75, 3.05) is 41.5 Å². The van der Waals surface area contributed by atoms with E-state index in [1.165, 1.54) is 18.5 Å². The van der Waals surface area contributed by atoms with Gasteiger partial charge in [-0.05, 0) is 37.1 Å². The summed E-state index contributed by atoms with van der Waals surface area (Å²) in [5.74, 6) is 0.997. The van der Waals surface area contributed by atoms with E-state index in [1.807, 2.05) is 24.3 Å². The Balaban J connectivity index is 1.54. The fraction of sp³-hybridized carbons (Fsp3) is 0.467. The van der Waals surface area contributed by atoms with E-state index in [0.717, 1.165) is 18.8 Å². The van der Waals surface area contributed by atoms with E-state index in [-0.39, 0.29) is 18.4 Å². The van der Waals surface area contributed by atoms with E-state index < -0.39 is 0 Å². The van der Waals surface area contributed by atoms with E-state index in [9.17, 15) is 9.59 Å². The minimum Gasteiger partial charge on any atom is -0.372 e. The van der Waals surface area contributed by atoms with Crippen LogP contribution < -0.4 is 10.2 Å². The molecule has 2 aliphatic rings. The molecule has 21 heavy (non-hydrogen) atoms. The number of carbonyl (C=O) groups is 2. The van der Waals surface area contributed by atoms with Crippen LogP contribution in [0.1, 0.15) is 12.8 Å². The van der Waals surface area contributed by atoms with Gasteiger partial charge in [-0.15, -0.1) is 11.8 Å². The second-order valence-corrected chi connectivity index (χ2v) is 6.31. The number of benzene rings is 1. The lowest BCUT2D eigenvalue weighted by Gasteiger charge is -2.18. The monoisotopic (exact) mass is 305 g/mol. The Kier molecular flexibility index (Phi) is 4.34. The molecule has 3 rings (SSSR count). The van der Waals surface area contributed by atoms with Crippen LogP contribution >= 0.6 is 11.8 Å². The van der Waals surface area contributed by atoms with Gasteiger partial charge in [0.25, 0.3) is 0 Å². The Labute approximate surface area is 128 Å². The number of anilines is 2. The molecule has 112 valence electrons. The molecule has 0 saturated carbocycles. The molecule has 1 aromatic carbocycles. The smallest absolute Gasteiger partial charge is 0.244 e. The molecule has 2 heterocycles. The van der Waals surface area contributed by atoms with Crippen molar-refractivity contribution in [1.82, 2.24) is 4.90 Å². The Morgan fingerprint density at radius 2 is 1.90 bits per heavy atom. The summed E-state index contributed by atoms with van der Waals surface area (Å²) in [6.07, 6.45) is 2.50. The highest BCUT2D eigenvalue weighted by Gasteiger charge is 2.22. The van der Waals surface area contributed by atoms with Gasteiger partial charge in [0.15, 0.2) is 0 Å². The molecule has 2 fully saturated rings. The highest BCUT2D eigenvalue weighted by Crippen LogP contribution is 2.22. The average Bonchev–Trinajstić information content (AvgIpc) is 3.12. The van der Waals surface area contributed by atoms with Gasteiger partial charge in [0.1, 0.15) is 6.54 Å². The van der Waals surface area contributed by atoms with Gasteiger partial charge in [-0.2, -0.15) is 0 Å². The highest BCUT2D eigenvalue weighted by molar-refractivity contribution is 8.00. The van der Waals surface area contributed by atoms with E-state index in [2.05, 4.69) is 10.2 Å². The van der Waals surface area contributed by atoms with E-state index in [4.69, 9.17) is 0 Å². The van der Waals surface area contributed by atoms with Crippen LogP contribution in [0.5, 0.6) is 0 Å². The van der Waals surface area contributed by atoms with Gasteiger partial charge >= 0.3 is 0 Å². The first-order chi connectivity index (χ1) is 10.2. The van der Waals surface area contributed by atoms with Crippen molar-refractivity contribution in [1.29, 1.82) is 0 Å². The quantitative estimate of drug-likeness (QED) is 0.921. The number of carbonyl (C=O) groups excluding carboxylic acids is 2. The van der Waals surface area contributed by atoms with Gasteiger partial charge in [0, 0.05) is 24.5 Å². The number of hydrogen-bond donors (Lipinski definition) is 1. The minimum atomic E-state index is -0.139. The lowest BCUT2D eigenvalue weighted by molar-refractivity contribution is -0.130. The highest BCUT2D eigenvalue weighted by atomic mass is 32.2. The molecular formula is C15H19N3O2S. The summed E-state index contributed by atoms with van der Waals surface area (Å²) < 4.78 is 0. The molecule has 0 spiro atoms. The lowest BCUT2D eigenvalue weighted by atomic mass is 10.2. The van der Waals surface area contributed by atoms with Crippen molar-refractivity contribution < 1.29 is 9.59 Å². The molecule has 5 nitrogen and oxygen atoms in total. The Bertz CT molecular complexity index is 526. The molecule has 0 aromatic heterocycles. The fourth-order valence-corrected chi connectivity index (χ4v) is 3.55. The second kappa shape index (κ2) is 6.39. The molecule has 0 radical (unpaired) electrons. The fourth-order valence-electron chi connectivity index (χ4n) is 2.65. The minimum absolute atomic E-state index is 0.0412. The van der Waals surface area contributed by atoms with Crippen molar-refractivity contribution >= 4 is 35.0 Å². The number of hydrogen-bond acceptors (Lipinski definition) is 4. The van der Waals surface area contributed by atoms with Crippen molar-refractivity contribution in [3.8, 4) is 0 Å². The van der Waals surface area contributed by atoms with Gasteiger partial charge in [0.05, 0.1) is 11.6 Å².